The third-order valence-corrected chi connectivity index (χ3v) is 2.07. The van der Waals surface area contributed by atoms with Crippen LogP contribution in [0.15, 0.2) is 12.1 Å². The van der Waals surface area contributed by atoms with Gasteiger partial charge in [-0.3, -0.25) is 0 Å². The van der Waals surface area contributed by atoms with Gasteiger partial charge in [-0.2, -0.15) is 0 Å². The van der Waals surface area contributed by atoms with Crippen molar-refractivity contribution in [1.82, 2.24) is 4.98 Å². The van der Waals surface area contributed by atoms with Gasteiger partial charge in [0.25, 0.3) is 0 Å². The number of aryl methyl sites for hydroxylation is 2. The van der Waals surface area contributed by atoms with Crippen molar-refractivity contribution >= 4 is 5.97 Å². The molecule has 0 spiro atoms. The third-order valence-electron chi connectivity index (χ3n) is 2.07. The molecule has 1 rings (SSSR count). The van der Waals surface area contributed by atoms with Gasteiger partial charge in [0.1, 0.15) is 5.69 Å². The lowest BCUT2D eigenvalue weighted by Crippen LogP contribution is -2.04. The van der Waals surface area contributed by atoms with Crippen LogP contribution in [0.3, 0.4) is 0 Å². The second-order valence-corrected chi connectivity index (χ2v) is 3.26. The molecule has 0 aliphatic heterocycles. The van der Waals surface area contributed by atoms with Crippen LogP contribution in [0.1, 0.15) is 42.0 Å². The van der Waals surface area contributed by atoms with Crippen LogP contribution >= 0.6 is 0 Å². The average Bonchev–Trinajstić information content (AvgIpc) is 2.17. The molecule has 0 aliphatic rings. The Labute approximate surface area is 83.8 Å². The van der Waals surface area contributed by atoms with Gasteiger partial charge >= 0.3 is 5.97 Å². The molecule has 0 fully saturated rings. The SMILES string of the molecule is CCCc1cc(CC)cc(C(=O)O)n1. The quantitative estimate of drug-likeness (QED) is 0.798. The number of nitrogens with zero attached hydrogens (tertiary/aromatic N) is 1. The van der Waals surface area contributed by atoms with Crippen LogP contribution in [-0.4, -0.2) is 16.1 Å². The summed E-state index contributed by atoms with van der Waals surface area (Å²) in [6.45, 7) is 4.07. The Hall–Kier alpha value is -1.38. The van der Waals surface area contributed by atoms with E-state index in [1.54, 1.807) is 6.07 Å². The van der Waals surface area contributed by atoms with Crippen molar-refractivity contribution < 1.29 is 9.90 Å². The first kappa shape index (κ1) is 10.7. The maximum Gasteiger partial charge on any atom is 0.354 e. The lowest BCUT2D eigenvalue weighted by molar-refractivity contribution is 0.0690. The lowest BCUT2D eigenvalue weighted by Gasteiger charge is -2.03. The molecule has 3 nitrogen and oxygen atoms in total. The number of hydrogen-bond donors (Lipinski definition) is 1. The summed E-state index contributed by atoms with van der Waals surface area (Å²) in [4.78, 5) is 14.8. The summed E-state index contributed by atoms with van der Waals surface area (Å²) in [5.41, 5.74) is 2.08. The van der Waals surface area contributed by atoms with E-state index in [1.165, 1.54) is 0 Å². The summed E-state index contributed by atoms with van der Waals surface area (Å²) in [7, 11) is 0. The second kappa shape index (κ2) is 4.74. The Bertz CT molecular complexity index is 334. The second-order valence-electron chi connectivity index (χ2n) is 3.26. The van der Waals surface area contributed by atoms with Crippen LogP contribution in [0, 0.1) is 0 Å². The number of aromatic nitrogens is 1. The van der Waals surface area contributed by atoms with E-state index in [-0.39, 0.29) is 5.69 Å². The molecule has 0 saturated carbocycles. The zero-order valence-corrected chi connectivity index (χ0v) is 8.58. The number of aromatic carboxylic acids is 1. The van der Waals surface area contributed by atoms with Crippen molar-refractivity contribution in [1.29, 1.82) is 0 Å². The summed E-state index contributed by atoms with van der Waals surface area (Å²) in [6.07, 6.45) is 2.67. The molecule has 0 aliphatic carbocycles. The highest BCUT2D eigenvalue weighted by atomic mass is 16.4. The van der Waals surface area contributed by atoms with Crippen LogP contribution in [0.2, 0.25) is 0 Å². The minimum Gasteiger partial charge on any atom is -0.477 e. The van der Waals surface area contributed by atoms with E-state index in [9.17, 15) is 4.79 Å². The molecule has 1 aromatic rings. The molecule has 0 amide bonds. The number of carboxylic acids is 1. The molecule has 0 atom stereocenters. The van der Waals surface area contributed by atoms with E-state index in [4.69, 9.17) is 5.11 Å². The minimum atomic E-state index is -0.947. The van der Waals surface area contributed by atoms with Gasteiger partial charge in [-0.25, -0.2) is 9.78 Å². The first-order valence-electron chi connectivity index (χ1n) is 4.90. The third kappa shape index (κ3) is 2.55. The summed E-state index contributed by atoms with van der Waals surface area (Å²) < 4.78 is 0. The summed E-state index contributed by atoms with van der Waals surface area (Å²) >= 11 is 0. The average molecular weight is 193 g/mol. The number of pyridine rings is 1. The predicted molar refractivity (Wildman–Crippen MR) is 54.6 cm³/mol. The fourth-order valence-corrected chi connectivity index (χ4v) is 1.35. The molecule has 1 aromatic heterocycles. The van der Waals surface area contributed by atoms with Crippen LogP contribution in [0.5, 0.6) is 0 Å². The zero-order chi connectivity index (χ0) is 10.6. The van der Waals surface area contributed by atoms with Crippen molar-refractivity contribution in [3.8, 4) is 0 Å². The van der Waals surface area contributed by atoms with Gasteiger partial charge in [0.15, 0.2) is 0 Å². The standard InChI is InChI=1S/C11H15NO2/c1-3-5-9-6-8(4-2)7-10(12-9)11(13)14/h6-7H,3-5H2,1-2H3,(H,13,14). The van der Waals surface area contributed by atoms with Gasteiger partial charge in [-0.05, 0) is 30.5 Å². The highest BCUT2D eigenvalue weighted by molar-refractivity contribution is 5.85. The fourth-order valence-electron chi connectivity index (χ4n) is 1.35. The van der Waals surface area contributed by atoms with E-state index in [0.29, 0.717) is 0 Å². The summed E-state index contributed by atoms with van der Waals surface area (Å²) in [6, 6.07) is 3.62. The van der Waals surface area contributed by atoms with Crippen LogP contribution < -0.4 is 0 Å². The molecule has 1 heterocycles. The molecule has 76 valence electrons. The first-order valence-corrected chi connectivity index (χ1v) is 4.90. The van der Waals surface area contributed by atoms with Crippen LogP contribution in [-0.2, 0) is 12.8 Å². The molecular weight excluding hydrogens is 178 g/mol. The molecule has 0 aromatic carbocycles. The normalized spacial score (nSPS) is 10.1. The van der Waals surface area contributed by atoms with Crippen molar-refractivity contribution in [2.24, 2.45) is 0 Å². The molecule has 0 bridgehead atoms. The van der Waals surface area contributed by atoms with Crippen LogP contribution in [0.4, 0.5) is 0 Å². The molecular formula is C11H15NO2. The number of carbonyl (C=O) groups is 1. The van der Waals surface area contributed by atoms with E-state index >= 15 is 0 Å². The minimum absolute atomic E-state index is 0.160. The van der Waals surface area contributed by atoms with E-state index in [2.05, 4.69) is 11.9 Å². The Morgan fingerprint density at radius 1 is 1.43 bits per heavy atom. The zero-order valence-electron chi connectivity index (χ0n) is 8.58. The molecule has 0 radical (unpaired) electrons. The van der Waals surface area contributed by atoms with E-state index < -0.39 is 5.97 Å². The van der Waals surface area contributed by atoms with Gasteiger partial charge in [0.2, 0.25) is 0 Å². The number of rotatable bonds is 4. The van der Waals surface area contributed by atoms with Crippen molar-refractivity contribution in [2.75, 3.05) is 0 Å². The van der Waals surface area contributed by atoms with Gasteiger partial charge in [-0.15, -0.1) is 0 Å². The lowest BCUT2D eigenvalue weighted by atomic mass is 10.1. The van der Waals surface area contributed by atoms with Crippen molar-refractivity contribution in [2.45, 2.75) is 33.1 Å². The van der Waals surface area contributed by atoms with Gasteiger partial charge < -0.3 is 5.11 Å². The highest BCUT2D eigenvalue weighted by Crippen LogP contribution is 2.09. The molecule has 1 N–H and O–H groups in total. The maximum atomic E-state index is 10.8. The largest absolute Gasteiger partial charge is 0.477 e. The Kier molecular flexibility index (Phi) is 3.63. The number of carboxylic acid groups (broad SMARTS) is 1. The molecule has 14 heavy (non-hydrogen) atoms. The van der Waals surface area contributed by atoms with Crippen LogP contribution in [0.25, 0.3) is 0 Å². The topological polar surface area (TPSA) is 50.2 Å². The first-order chi connectivity index (χ1) is 6.67. The van der Waals surface area contributed by atoms with Gasteiger partial charge in [-0.1, -0.05) is 20.3 Å². The van der Waals surface area contributed by atoms with Gasteiger partial charge in [0, 0.05) is 5.69 Å². The highest BCUT2D eigenvalue weighted by Gasteiger charge is 2.07. The summed E-state index contributed by atoms with van der Waals surface area (Å²) in [5.74, 6) is -0.947. The van der Waals surface area contributed by atoms with Crippen molar-refractivity contribution in [3.63, 3.8) is 0 Å². The Morgan fingerprint density at radius 2 is 2.14 bits per heavy atom. The Morgan fingerprint density at radius 3 is 2.64 bits per heavy atom. The van der Waals surface area contributed by atoms with Gasteiger partial charge in [0.05, 0.1) is 0 Å². The number of hydrogen-bond acceptors (Lipinski definition) is 2. The molecule has 0 saturated heterocycles. The Balaban J connectivity index is 3.06. The maximum absolute atomic E-state index is 10.8. The summed E-state index contributed by atoms with van der Waals surface area (Å²) in [5, 5.41) is 8.83. The smallest absolute Gasteiger partial charge is 0.354 e. The van der Waals surface area contributed by atoms with Crippen molar-refractivity contribution in [3.05, 3.63) is 29.1 Å². The molecule has 0 unspecified atom stereocenters. The predicted octanol–water partition coefficient (Wildman–Crippen LogP) is 2.29. The van der Waals surface area contributed by atoms with E-state index in [0.717, 1.165) is 30.5 Å². The molecule has 3 heteroatoms. The fraction of sp³-hybridized carbons (Fsp3) is 0.455. The van der Waals surface area contributed by atoms with E-state index in [1.807, 2.05) is 13.0 Å². The monoisotopic (exact) mass is 193 g/mol.